The Morgan fingerprint density at radius 3 is 2.56 bits per heavy atom. The molecule has 0 aromatic heterocycles. The summed E-state index contributed by atoms with van der Waals surface area (Å²) in [4.78, 5) is 12.2. The van der Waals surface area contributed by atoms with E-state index in [4.69, 9.17) is 5.73 Å². The van der Waals surface area contributed by atoms with Crippen molar-refractivity contribution in [2.45, 2.75) is 57.7 Å². The van der Waals surface area contributed by atoms with E-state index in [-0.39, 0.29) is 17.2 Å². The van der Waals surface area contributed by atoms with Crippen molar-refractivity contribution in [3.8, 4) is 0 Å². The van der Waals surface area contributed by atoms with Crippen LogP contribution in [0.1, 0.15) is 46.5 Å². The molecule has 4 heteroatoms. The molecule has 1 amide bonds. The minimum absolute atomic E-state index is 0.0432. The Morgan fingerprint density at radius 1 is 1.44 bits per heavy atom. The van der Waals surface area contributed by atoms with Crippen LogP contribution in [0.4, 0.5) is 0 Å². The Morgan fingerprint density at radius 2 is 2.11 bits per heavy atom. The van der Waals surface area contributed by atoms with Crippen LogP contribution in [-0.2, 0) is 4.79 Å². The molecule has 0 radical (unpaired) electrons. The molecule has 0 aromatic carbocycles. The molecule has 0 heterocycles. The number of nitrogens with two attached hydrogens (primary N) is 1. The molecule has 0 spiro atoms. The lowest BCUT2D eigenvalue weighted by atomic mass is 9.84. The fraction of sp³-hybridized carbons (Fsp3) is 0.929. The van der Waals surface area contributed by atoms with Crippen LogP contribution in [0.3, 0.4) is 0 Å². The van der Waals surface area contributed by atoms with Crippen LogP contribution in [-0.4, -0.2) is 30.0 Å². The largest absolute Gasteiger partial charge is 0.353 e. The van der Waals surface area contributed by atoms with Crippen molar-refractivity contribution < 1.29 is 4.79 Å². The first-order valence-electron chi connectivity index (χ1n) is 6.89. The number of thioether (sulfide) groups is 1. The number of hydrogen-bond donors (Lipinski definition) is 2. The molecule has 0 saturated heterocycles. The Balaban J connectivity index is 2.43. The van der Waals surface area contributed by atoms with Gasteiger partial charge in [0.05, 0.1) is 5.92 Å². The van der Waals surface area contributed by atoms with Gasteiger partial charge in [0.2, 0.25) is 5.91 Å². The summed E-state index contributed by atoms with van der Waals surface area (Å²) < 4.78 is 0. The van der Waals surface area contributed by atoms with Gasteiger partial charge in [-0.05, 0) is 37.4 Å². The molecule has 1 saturated carbocycles. The lowest BCUT2D eigenvalue weighted by Gasteiger charge is -2.25. The summed E-state index contributed by atoms with van der Waals surface area (Å²) >= 11 is 1.91. The van der Waals surface area contributed by atoms with Crippen LogP contribution in [0.5, 0.6) is 0 Å². The summed E-state index contributed by atoms with van der Waals surface area (Å²) in [5.41, 5.74) is 5.90. The average molecular weight is 272 g/mol. The van der Waals surface area contributed by atoms with E-state index in [1.54, 1.807) is 0 Å². The third-order valence-corrected chi connectivity index (χ3v) is 4.67. The van der Waals surface area contributed by atoms with Gasteiger partial charge < -0.3 is 11.1 Å². The fourth-order valence-corrected chi connectivity index (χ4v) is 3.42. The fourth-order valence-electron chi connectivity index (χ4n) is 2.63. The van der Waals surface area contributed by atoms with E-state index in [1.807, 2.05) is 11.8 Å². The highest BCUT2D eigenvalue weighted by molar-refractivity contribution is 7.99. The molecule has 3 atom stereocenters. The Kier molecular flexibility index (Phi) is 5.99. The van der Waals surface area contributed by atoms with Crippen molar-refractivity contribution in [2.75, 3.05) is 12.8 Å². The van der Waals surface area contributed by atoms with E-state index in [0.29, 0.717) is 17.8 Å². The summed E-state index contributed by atoms with van der Waals surface area (Å²) in [5, 5.41) is 3.90. The van der Waals surface area contributed by atoms with Gasteiger partial charge in [-0.25, -0.2) is 0 Å². The molecule has 0 aliphatic heterocycles. The van der Waals surface area contributed by atoms with Gasteiger partial charge in [-0.15, -0.1) is 0 Å². The topological polar surface area (TPSA) is 55.1 Å². The van der Waals surface area contributed by atoms with Gasteiger partial charge >= 0.3 is 0 Å². The predicted molar refractivity (Wildman–Crippen MR) is 79.7 cm³/mol. The summed E-state index contributed by atoms with van der Waals surface area (Å²) in [6, 6.07) is 0.365. The first-order valence-corrected chi connectivity index (χ1v) is 8.17. The zero-order chi connectivity index (χ0) is 13.8. The SMILES string of the molecule is CSC1CCC(NC(=O)C(CN)CC(C)(C)C)C1. The van der Waals surface area contributed by atoms with Gasteiger partial charge in [-0.1, -0.05) is 20.8 Å². The van der Waals surface area contributed by atoms with Crippen molar-refractivity contribution in [2.24, 2.45) is 17.1 Å². The summed E-state index contributed by atoms with van der Waals surface area (Å²) in [6.45, 7) is 6.91. The van der Waals surface area contributed by atoms with Crippen LogP contribution in [0.25, 0.3) is 0 Å². The second-order valence-electron chi connectivity index (χ2n) is 6.57. The minimum atomic E-state index is -0.0432. The number of amides is 1. The van der Waals surface area contributed by atoms with Gasteiger partial charge in [0.25, 0.3) is 0 Å². The zero-order valence-electron chi connectivity index (χ0n) is 12.2. The van der Waals surface area contributed by atoms with E-state index >= 15 is 0 Å². The molecule has 1 fully saturated rings. The van der Waals surface area contributed by atoms with Gasteiger partial charge in [-0.3, -0.25) is 4.79 Å². The molecule has 1 aliphatic carbocycles. The monoisotopic (exact) mass is 272 g/mol. The highest BCUT2D eigenvalue weighted by Gasteiger charge is 2.29. The third-order valence-electron chi connectivity index (χ3n) is 3.58. The average Bonchev–Trinajstić information content (AvgIpc) is 2.72. The van der Waals surface area contributed by atoms with Crippen molar-refractivity contribution >= 4 is 17.7 Å². The van der Waals surface area contributed by atoms with E-state index in [2.05, 4.69) is 32.3 Å². The van der Waals surface area contributed by atoms with Crippen LogP contribution in [0.2, 0.25) is 0 Å². The van der Waals surface area contributed by atoms with Gasteiger partial charge in [0.15, 0.2) is 0 Å². The second-order valence-corrected chi connectivity index (χ2v) is 7.71. The molecule has 0 bridgehead atoms. The standard InChI is InChI=1S/C14H28N2OS/c1-14(2,3)8-10(9-15)13(17)16-11-5-6-12(7-11)18-4/h10-12H,5-9,15H2,1-4H3,(H,16,17). The smallest absolute Gasteiger partial charge is 0.224 e. The summed E-state index contributed by atoms with van der Waals surface area (Å²) in [7, 11) is 0. The summed E-state index contributed by atoms with van der Waals surface area (Å²) in [6.07, 6.45) is 6.45. The van der Waals surface area contributed by atoms with Crippen molar-refractivity contribution in [3.05, 3.63) is 0 Å². The van der Waals surface area contributed by atoms with Crippen molar-refractivity contribution in [1.82, 2.24) is 5.32 Å². The molecule has 1 rings (SSSR count). The molecule has 3 unspecified atom stereocenters. The van der Waals surface area contributed by atoms with E-state index in [1.165, 1.54) is 6.42 Å². The van der Waals surface area contributed by atoms with E-state index in [0.717, 1.165) is 19.3 Å². The lowest BCUT2D eigenvalue weighted by molar-refractivity contribution is -0.126. The lowest BCUT2D eigenvalue weighted by Crippen LogP contribution is -2.41. The first-order chi connectivity index (χ1) is 8.35. The van der Waals surface area contributed by atoms with Crippen molar-refractivity contribution in [3.63, 3.8) is 0 Å². The maximum Gasteiger partial charge on any atom is 0.224 e. The number of rotatable bonds is 5. The quantitative estimate of drug-likeness (QED) is 0.808. The maximum atomic E-state index is 12.2. The molecule has 1 aliphatic rings. The number of nitrogens with one attached hydrogen (secondary N) is 1. The van der Waals surface area contributed by atoms with Crippen LogP contribution < -0.4 is 11.1 Å². The van der Waals surface area contributed by atoms with Crippen LogP contribution in [0, 0.1) is 11.3 Å². The Labute approximate surface area is 116 Å². The highest BCUT2D eigenvalue weighted by atomic mass is 32.2. The van der Waals surface area contributed by atoms with Crippen molar-refractivity contribution in [1.29, 1.82) is 0 Å². The van der Waals surface area contributed by atoms with E-state index in [9.17, 15) is 4.79 Å². The normalized spacial score (nSPS) is 26.1. The molecular formula is C14H28N2OS. The zero-order valence-corrected chi connectivity index (χ0v) is 13.0. The number of carbonyl (C=O) groups excluding carboxylic acids is 1. The molecule has 106 valence electrons. The number of hydrogen-bond acceptors (Lipinski definition) is 3. The third kappa shape index (κ3) is 5.19. The highest BCUT2D eigenvalue weighted by Crippen LogP contribution is 2.29. The van der Waals surface area contributed by atoms with Gasteiger partial charge in [0.1, 0.15) is 0 Å². The Bertz CT molecular complexity index is 275. The molecule has 3 nitrogen and oxygen atoms in total. The second kappa shape index (κ2) is 6.80. The van der Waals surface area contributed by atoms with Gasteiger partial charge in [0, 0.05) is 17.8 Å². The molecular weight excluding hydrogens is 244 g/mol. The minimum Gasteiger partial charge on any atom is -0.353 e. The first kappa shape index (κ1) is 15.8. The number of carbonyl (C=O) groups is 1. The Hall–Kier alpha value is -0.220. The maximum absolute atomic E-state index is 12.2. The molecule has 18 heavy (non-hydrogen) atoms. The predicted octanol–water partition coefficient (Wildman–Crippen LogP) is 2.40. The molecule has 0 aromatic rings. The van der Waals surface area contributed by atoms with Gasteiger partial charge in [-0.2, -0.15) is 11.8 Å². The summed E-state index contributed by atoms with van der Waals surface area (Å²) in [5.74, 6) is 0.109. The van der Waals surface area contributed by atoms with Crippen LogP contribution in [0.15, 0.2) is 0 Å². The van der Waals surface area contributed by atoms with E-state index < -0.39 is 0 Å². The van der Waals surface area contributed by atoms with Crippen LogP contribution >= 0.6 is 11.8 Å². The molecule has 3 N–H and O–H groups in total.